The molecule has 0 saturated carbocycles. The summed E-state index contributed by atoms with van der Waals surface area (Å²) in [6.45, 7) is 5.06. The van der Waals surface area contributed by atoms with Crippen molar-refractivity contribution in [1.29, 1.82) is 0 Å². The van der Waals surface area contributed by atoms with Gasteiger partial charge in [0.05, 0.1) is 0 Å². The molecule has 0 aliphatic heterocycles. The number of nitrogens with one attached hydrogen (secondary N) is 1. The third-order valence-corrected chi connectivity index (χ3v) is 5.34. The summed E-state index contributed by atoms with van der Waals surface area (Å²) in [6.07, 6.45) is 0.930. The second-order valence-corrected chi connectivity index (χ2v) is 7.40. The molecule has 20 heavy (non-hydrogen) atoms. The molecule has 0 spiro atoms. The first-order chi connectivity index (χ1) is 9.34. The first-order valence-corrected chi connectivity index (χ1v) is 8.72. The van der Waals surface area contributed by atoms with E-state index in [0.29, 0.717) is 16.6 Å². The van der Waals surface area contributed by atoms with Gasteiger partial charge in [0, 0.05) is 30.2 Å². The molecule has 0 aliphatic carbocycles. The van der Waals surface area contributed by atoms with Crippen LogP contribution in [0.15, 0.2) is 21.5 Å². The van der Waals surface area contributed by atoms with Crippen LogP contribution in [0.2, 0.25) is 0 Å². The summed E-state index contributed by atoms with van der Waals surface area (Å²) in [5.41, 5.74) is 0.343. The average Bonchev–Trinajstić information content (AvgIpc) is 2.41. The average molecular weight is 367 g/mol. The van der Waals surface area contributed by atoms with E-state index in [1.54, 1.807) is 13.0 Å². The number of nitrogens with zero attached hydrogens (tertiary/aromatic N) is 1. The molecule has 4 nitrogen and oxygen atoms in total. The fraction of sp³-hybridized carbons (Fsp3) is 0.538. The van der Waals surface area contributed by atoms with Crippen LogP contribution in [0.25, 0.3) is 0 Å². The Morgan fingerprint density at radius 2 is 2.00 bits per heavy atom. The van der Waals surface area contributed by atoms with Crippen LogP contribution in [0.3, 0.4) is 0 Å². The summed E-state index contributed by atoms with van der Waals surface area (Å²) in [5, 5.41) is 3.07. The number of benzene rings is 1. The maximum absolute atomic E-state index is 14.4. The smallest absolute Gasteiger partial charge is 0.245 e. The second kappa shape index (κ2) is 7.49. The van der Waals surface area contributed by atoms with Crippen molar-refractivity contribution in [3.8, 4) is 0 Å². The minimum Gasteiger partial charge on any atom is -0.313 e. The van der Waals surface area contributed by atoms with Crippen molar-refractivity contribution in [2.24, 2.45) is 0 Å². The largest absolute Gasteiger partial charge is 0.313 e. The van der Waals surface area contributed by atoms with Gasteiger partial charge in [0.2, 0.25) is 10.0 Å². The van der Waals surface area contributed by atoms with E-state index in [9.17, 15) is 12.8 Å². The molecule has 1 aromatic carbocycles. The Kier molecular flexibility index (Phi) is 6.57. The van der Waals surface area contributed by atoms with E-state index in [-0.39, 0.29) is 11.4 Å². The van der Waals surface area contributed by atoms with Gasteiger partial charge in [0.15, 0.2) is 0 Å². The second-order valence-electron chi connectivity index (χ2n) is 4.47. The minimum absolute atomic E-state index is 0.287. The molecule has 0 fully saturated rings. The number of hydrogen-bond donors (Lipinski definition) is 1. The van der Waals surface area contributed by atoms with Gasteiger partial charge in [-0.2, -0.15) is 0 Å². The highest BCUT2D eigenvalue weighted by atomic mass is 79.9. The molecule has 1 N–H and O–H groups in total. The Bertz CT molecular complexity index is 564. The van der Waals surface area contributed by atoms with Crippen LogP contribution in [0.1, 0.15) is 25.8 Å². The topological polar surface area (TPSA) is 49.4 Å². The van der Waals surface area contributed by atoms with Crippen LogP contribution in [0.4, 0.5) is 4.39 Å². The Morgan fingerprint density at radius 1 is 1.35 bits per heavy atom. The molecule has 0 aliphatic rings. The van der Waals surface area contributed by atoms with Crippen LogP contribution >= 0.6 is 15.9 Å². The van der Waals surface area contributed by atoms with Crippen LogP contribution in [-0.2, 0) is 16.6 Å². The highest BCUT2D eigenvalue weighted by Gasteiger charge is 2.25. The molecule has 7 heteroatoms. The molecule has 0 radical (unpaired) electrons. The first-order valence-electron chi connectivity index (χ1n) is 6.49. The molecule has 114 valence electrons. The van der Waals surface area contributed by atoms with Crippen molar-refractivity contribution >= 4 is 26.0 Å². The van der Waals surface area contributed by atoms with Crippen molar-refractivity contribution < 1.29 is 12.8 Å². The number of sulfonamides is 1. The van der Waals surface area contributed by atoms with Crippen molar-refractivity contribution in [2.75, 3.05) is 20.1 Å². The third-order valence-electron chi connectivity index (χ3n) is 2.96. The van der Waals surface area contributed by atoms with E-state index < -0.39 is 15.8 Å². The molecule has 0 unspecified atom stereocenters. The van der Waals surface area contributed by atoms with Crippen LogP contribution in [0, 0.1) is 5.82 Å². The van der Waals surface area contributed by atoms with Crippen LogP contribution < -0.4 is 5.32 Å². The normalized spacial score (nSPS) is 12.1. The summed E-state index contributed by atoms with van der Waals surface area (Å²) < 4.78 is 40.6. The Morgan fingerprint density at radius 3 is 2.55 bits per heavy atom. The van der Waals surface area contributed by atoms with E-state index in [0.717, 1.165) is 17.3 Å². The van der Waals surface area contributed by atoms with Gasteiger partial charge in [-0.3, -0.25) is 0 Å². The first kappa shape index (κ1) is 17.6. The zero-order valence-corrected chi connectivity index (χ0v) is 14.3. The van der Waals surface area contributed by atoms with E-state index >= 15 is 0 Å². The summed E-state index contributed by atoms with van der Waals surface area (Å²) in [7, 11) is -2.36. The van der Waals surface area contributed by atoms with Gasteiger partial charge in [-0.15, -0.1) is 0 Å². The van der Waals surface area contributed by atoms with Gasteiger partial charge in [-0.1, -0.05) is 29.8 Å². The number of rotatable bonds is 7. The number of hydrogen-bond acceptors (Lipinski definition) is 3. The molecule has 0 aromatic heterocycles. The molecule has 1 aromatic rings. The molecule has 0 heterocycles. The van der Waals surface area contributed by atoms with Crippen molar-refractivity contribution in [1.82, 2.24) is 9.62 Å². The maximum Gasteiger partial charge on any atom is 0.245 e. The van der Waals surface area contributed by atoms with Crippen molar-refractivity contribution in [2.45, 2.75) is 31.7 Å². The van der Waals surface area contributed by atoms with Gasteiger partial charge in [0.25, 0.3) is 0 Å². The van der Waals surface area contributed by atoms with Gasteiger partial charge in [-0.05, 0) is 25.1 Å². The van der Waals surface area contributed by atoms with E-state index in [2.05, 4.69) is 21.2 Å². The zero-order chi connectivity index (χ0) is 15.3. The standard InChI is InChI=1S/C13H20BrFN2O2S/c1-4-6-16-9-10-7-11(14)8-12(13(10)15)20(18,19)17(3)5-2/h7-8,16H,4-6,9H2,1-3H3. The Labute approximate surface area is 128 Å². The lowest BCUT2D eigenvalue weighted by Crippen LogP contribution is -2.28. The van der Waals surface area contributed by atoms with Crippen LogP contribution in [-0.4, -0.2) is 32.9 Å². The molecule has 0 atom stereocenters. The lowest BCUT2D eigenvalue weighted by atomic mass is 10.2. The summed E-state index contributed by atoms with van der Waals surface area (Å²) in [6, 6.07) is 2.91. The van der Waals surface area contributed by atoms with Crippen molar-refractivity contribution in [3.05, 3.63) is 28.0 Å². The lowest BCUT2D eigenvalue weighted by molar-refractivity contribution is 0.475. The molecule has 0 amide bonds. The van der Waals surface area contributed by atoms with E-state index in [4.69, 9.17) is 0 Å². The molecule has 0 saturated heterocycles. The van der Waals surface area contributed by atoms with E-state index in [1.807, 2.05) is 6.92 Å². The predicted octanol–water partition coefficient (Wildman–Crippen LogP) is 2.73. The molecular weight excluding hydrogens is 347 g/mol. The fourth-order valence-corrected chi connectivity index (χ4v) is 3.64. The van der Waals surface area contributed by atoms with Gasteiger partial charge >= 0.3 is 0 Å². The number of halogens is 2. The highest BCUT2D eigenvalue weighted by molar-refractivity contribution is 9.10. The third kappa shape index (κ3) is 4.00. The van der Waals surface area contributed by atoms with Crippen LogP contribution in [0.5, 0.6) is 0 Å². The van der Waals surface area contributed by atoms with Gasteiger partial charge < -0.3 is 5.32 Å². The molecular formula is C13H20BrFN2O2S. The summed E-state index contributed by atoms with van der Waals surface area (Å²) >= 11 is 3.24. The zero-order valence-electron chi connectivity index (χ0n) is 11.9. The maximum atomic E-state index is 14.4. The Balaban J connectivity index is 3.21. The quantitative estimate of drug-likeness (QED) is 0.754. The molecule has 1 rings (SSSR count). The van der Waals surface area contributed by atoms with E-state index in [1.165, 1.54) is 13.1 Å². The Hall–Kier alpha value is -0.500. The summed E-state index contributed by atoms with van der Waals surface area (Å²) in [4.78, 5) is -0.287. The minimum atomic E-state index is -3.79. The van der Waals surface area contributed by atoms with Crippen molar-refractivity contribution in [3.63, 3.8) is 0 Å². The fourth-order valence-electron chi connectivity index (χ4n) is 1.67. The summed E-state index contributed by atoms with van der Waals surface area (Å²) in [5.74, 6) is -0.683. The SMILES string of the molecule is CCCNCc1cc(Br)cc(S(=O)(=O)N(C)CC)c1F. The van der Waals surface area contributed by atoms with Gasteiger partial charge in [0.1, 0.15) is 10.7 Å². The lowest BCUT2D eigenvalue weighted by Gasteiger charge is -2.17. The molecule has 0 bridgehead atoms. The van der Waals surface area contributed by atoms with Gasteiger partial charge in [-0.25, -0.2) is 17.1 Å². The highest BCUT2D eigenvalue weighted by Crippen LogP contribution is 2.26. The predicted molar refractivity (Wildman–Crippen MR) is 81.6 cm³/mol. The monoisotopic (exact) mass is 366 g/mol.